The molecule has 3 N–H and O–H groups in total. The molecule has 0 fully saturated rings. The molecule has 0 bridgehead atoms. The van der Waals surface area contributed by atoms with Crippen LogP contribution in [0.4, 0.5) is 5.69 Å². The van der Waals surface area contributed by atoms with Crippen LogP contribution in [-0.4, -0.2) is 30.7 Å². The molecule has 1 rings (SSSR count). The molecule has 0 aliphatic rings. The second-order valence-corrected chi connectivity index (χ2v) is 5.06. The van der Waals surface area contributed by atoms with Crippen LogP contribution in [0.2, 0.25) is 0 Å². The standard InChI is InChI=1S/C15H24N2O2/c1-4-11(2)12-5-7-13(8-6-12)17(3)10-9-14(16)15(18)19/h5-8,11,14H,4,9-10,16H2,1-3H3,(H,18,19). The number of rotatable bonds is 7. The summed E-state index contributed by atoms with van der Waals surface area (Å²) in [5.41, 5.74) is 7.92. The van der Waals surface area contributed by atoms with Crippen molar-refractivity contribution in [2.24, 2.45) is 5.73 Å². The number of carbonyl (C=O) groups is 1. The van der Waals surface area contributed by atoms with Crippen LogP contribution < -0.4 is 10.6 Å². The Balaban J connectivity index is 2.58. The summed E-state index contributed by atoms with van der Waals surface area (Å²) in [7, 11) is 1.95. The number of hydrogen-bond donors (Lipinski definition) is 2. The minimum Gasteiger partial charge on any atom is -0.480 e. The molecule has 0 amide bonds. The van der Waals surface area contributed by atoms with Crippen molar-refractivity contribution >= 4 is 11.7 Å². The minimum atomic E-state index is -0.944. The highest BCUT2D eigenvalue weighted by Gasteiger charge is 2.12. The molecule has 0 saturated carbocycles. The lowest BCUT2D eigenvalue weighted by Gasteiger charge is -2.21. The van der Waals surface area contributed by atoms with Crippen LogP contribution in [-0.2, 0) is 4.79 Å². The molecule has 4 nitrogen and oxygen atoms in total. The van der Waals surface area contributed by atoms with Crippen molar-refractivity contribution in [3.63, 3.8) is 0 Å². The first-order chi connectivity index (χ1) is 8.95. The molecule has 2 unspecified atom stereocenters. The van der Waals surface area contributed by atoms with E-state index in [1.807, 2.05) is 11.9 Å². The zero-order chi connectivity index (χ0) is 14.4. The Morgan fingerprint density at radius 1 is 1.37 bits per heavy atom. The first-order valence-corrected chi connectivity index (χ1v) is 6.75. The normalized spacial score (nSPS) is 13.9. The molecule has 1 aromatic carbocycles. The monoisotopic (exact) mass is 264 g/mol. The predicted octanol–water partition coefficient (Wildman–Crippen LogP) is 2.44. The van der Waals surface area contributed by atoms with Gasteiger partial charge in [-0.2, -0.15) is 0 Å². The lowest BCUT2D eigenvalue weighted by molar-refractivity contribution is -0.138. The molecule has 2 atom stereocenters. The van der Waals surface area contributed by atoms with Crippen molar-refractivity contribution in [3.8, 4) is 0 Å². The number of nitrogens with two attached hydrogens (primary N) is 1. The summed E-state index contributed by atoms with van der Waals surface area (Å²) in [6, 6.07) is 7.64. The third-order valence-electron chi connectivity index (χ3n) is 3.61. The average Bonchev–Trinajstić information content (AvgIpc) is 2.43. The van der Waals surface area contributed by atoms with Gasteiger partial charge in [0.05, 0.1) is 0 Å². The van der Waals surface area contributed by atoms with Crippen molar-refractivity contribution in [2.75, 3.05) is 18.5 Å². The number of anilines is 1. The van der Waals surface area contributed by atoms with Crippen molar-refractivity contribution in [3.05, 3.63) is 29.8 Å². The van der Waals surface area contributed by atoms with E-state index >= 15 is 0 Å². The van der Waals surface area contributed by atoms with E-state index in [-0.39, 0.29) is 0 Å². The van der Waals surface area contributed by atoms with Crippen LogP contribution in [0.1, 0.15) is 38.2 Å². The summed E-state index contributed by atoms with van der Waals surface area (Å²) in [5.74, 6) is -0.375. The van der Waals surface area contributed by atoms with Crippen LogP contribution >= 0.6 is 0 Å². The Labute approximate surface area is 115 Å². The Kier molecular flexibility index (Phi) is 5.83. The molecule has 19 heavy (non-hydrogen) atoms. The average molecular weight is 264 g/mol. The molecule has 0 heterocycles. The van der Waals surface area contributed by atoms with E-state index in [2.05, 4.69) is 38.1 Å². The van der Waals surface area contributed by atoms with Gasteiger partial charge in [-0.05, 0) is 36.5 Å². The van der Waals surface area contributed by atoms with E-state index in [0.717, 1.165) is 12.1 Å². The van der Waals surface area contributed by atoms with Crippen LogP contribution in [0.25, 0.3) is 0 Å². The summed E-state index contributed by atoms with van der Waals surface area (Å²) in [5, 5.41) is 8.75. The van der Waals surface area contributed by atoms with Gasteiger partial charge < -0.3 is 15.7 Å². The van der Waals surface area contributed by atoms with Gasteiger partial charge in [-0.25, -0.2) is 0 Å². The van der Waals surface area contributed by atoms with Gasteiger partial charge in [-0.15, -0.1) is 0 Å². The van der Waals surface area contributed by atoms with Crippen LogP contribution in [0.3, 0.4) is 0 Å². The molecule has 1 aromatic rings. The Morgan fingerprint density at radius 2 is 1.95 bits per heavy atom. The van der Waals surface area contributed by atoms with Gasteiger partial charge >= 0.3 is 5.97 Å². The van der Waals surface area contributed by atoms with E-state index < -0.39 is 12.0 Å². The molecular formula is C15H24N2O2. The molecule has 0 radical (unpaired) electrons. The summed E-state index contributed by atoms with van der Waals surface area (Å²) >= 11 is 0. The summed E-state index contributed by atoms with van der Waals surface area (Å²) in [6.45, 7) is 5.03. The first-order valence-electron chi connectivity index (χ1n) is 6.75. The number of carboxylic acids is 1. The van der Waals surface area contributed by atoms with Crippen molar-refractivity contribution < 1.29 is 9.90 Å². The Morgan fingerprint density at radius 3 is 2.42 bits per heavy atom. The molecular weight excluding hydrogens is 240 g/mol. The highest BCUT2D eigenvalue weighted by molar-refractivity contribution is 5.73. The Bertz CT molecular complexity index is 403. The smallest absolute Gasteiger partial charge is 0.320 e. The fourth-order valence-electron chi connectivity index (χ4n) is 1.88. The number of carboxylic acid groups (broad SMARTS) is 1. The SMILES string of the molecule is CCC(C)c1ccc(N(C)CCC(N)C(=O)O)cc1. The fraction of sp³-hybridized carbons (Fsp3) is 0.533. The van der Waals surface area contributed by atoms with Gasteiger partial charge in [0.2, 0.25) is 0 Å². The minimum absolute atomic E-state index is 0.443. The van der Waals surface area contributed by atoms with Crippen LogP contribution in [0.5, 0.6) is 0 Å². The largest absolute Gasteiger partial charge is 0.480 e. The maximum atomic E-state index is 10.7. The third-order valence-corrected chi connectivity index (χ3v) is 3.61. The van der Waals surface area contributed by atoms with E-state index in [9.17, 15) is 4.79 Å². The maximum Gasteiger partial charge on any atom is 0.320 e. The molecule has 106 valence electrons. The highest BCUT2D eigenvalue weighted by atomic mass is 16.4. The van der Waals surface area contributed by atoms with Gasteiger partial charge in [-0.1, -0.05) is 26.0 Å². The second kappa shape index (κ2) is 7.14. The quantitative estimate of drug-likeness (QED) is 0.794. The lowest BCUT2D eigenvalue weighted by atomic mass is 9.98. The van der Waals surface area contributed by atoms with Crippen molar-refractivity contribution in [2.45, 2.75) is 38.6 Å². The zero-order valence-electron chi connectivity index (χ0n) is 12.0. The number of hydrogen-bond acceptors (Lipinski definition) is 3. The van der Waals surface area contributed by atoms with E-state index in [0.29, 0.717) is 18.9 Å². The zero-order valence-corrected chi connectivity index (χ0v) is 12.0. The van der Waals surface area contributed by atoms with Gasteiger partial charge in [-0.3, -0.25) is 4.79 Å². The highest BCUT2D eigenvalue weighted by Crippen LogP contribution is 2.22. The maximum absolute atomic E-state index is 10.7. The first kappa shape index (κ1) is 15.5. The Hall–Kier alpha value is -1.55. The third kappa shape index (κ3) is 4.56. The number of aliphatic carboxylic acids is 1. The summed E-state index contributed by atoms with van der Waals surface area (Å²) in [6.07, 6.45) is 1.57. The van der Waals surface area contributed by atoms with Gasteiger partial charge in [0, 0.05) is 19.3 Å². The molecule has 0 aliphatic carbocycles. The molecule has 0 spiro atoms. The number of nitrogens with zero attached hydrogens (tertiary/aromatic N) is 1. The van der Waals surface area contributed by atoms with Gasteiger partial charge in [0.25, 0.3) is 0 Å². The predicted molar refractivity (Wildman–Crippen MR) is 78.6 cm³/mol. The topological polar surface area (TPSA) is 66.6 Å². The van der Waals surface area contributed by atoms with Crippen molar-refractivity contribution in [1.82, 2.24) is 0 Å². The van der Waals surface area contributed by atoms with Gasteiger partial charge in [0.1, 0.15) is 6.04 Å². The molecule has 0 saturated heterocycles. The fourth-order valence-corrected chi connectivity index (χ4v) is 1.88. The van der Waals surface area contributed by atoms with Crippen molar-refractivity contribution in [1.29, 1.82) is 0 Å². The molecule has 0 aliphatic heterocycles. The summed E-state index contributed by atoms with van der Waals surface area (Å²) in [4.78, 5) is 12.7. The number of benzene rings is 1. The lowest BCUT2D eigenvalue weighted by Crippen LogP contribution is -2.34. The molecule has 0 aromatic heterocycles. The van der Waals surface area contributed by atoms with E-state index in [4.69, 9.17) is 10.8 Å². The van der Waals surface area contributed by atoms with Crippen LogP contribution in [0.15, 0.2) is 24.3 Å². The second-order valence-electron chi connectivity index (χ2n) is 5.06. The van der Waals surface area contributed by atoms with E-state index in [1.165, 1.54) is 5.56 Å². The molecule has 4 heteroatoms. The van der Waals surface area contributed by atoms with Crippen LogP contribution in [0, 0.1) is 0 Å². The van der Waals surface area contributed by atoms with Gasteiger partial charge in [0.15, 0.2) is 0 Å². The summed E-state index contributed by atoms with van der Waals surface area (Å²) < 4.78 is 0. The van der Waals surface area contributed by atoms with E-state index in [1.54, 1.807) is 0 Å².